The van der Waals surface area contributed by atoms with Crippen LogP contribution in [0.2, 0.25) is 0 Å². The van der Waals surface area contributed by atoms with E-state index in [1.807, 2.05) is 6.07 Å². The summed E-state index contributed by atoms with van der Waals surface area (Å²) in [5.41, 5.74) is 6.53. The molecule has 0 saturated carbocycles. The maximum atomic E-state index is 11.0. The molecular weight excluding hydrogens is 298 g/mol. The lowest BCUT2D eigenvalue weighted by Gasteiger charge is -2.32. The molecule has 0 aromatic heterocycles. The Kier molecular flexibility index (Phi) is 4.19. The molecule has 1 fully saturated rings. The number of nitro benzene ring substituents is 1. The summed E-state index contributed by atoms with van der Waals surface area (Å²) in [6.45, 7) is 2.37. The Balaban J connectivity index is 2.22. The molecule has 1 aliphatic heterocycles. The molecule has 0 aliphatic carbocycles. The summed E-state index contributed by atoms with van der Waals surface area (Å²) < 4.78 is 0.865. The largest absolute Gasteiger partial charge is 0.366 e. The zero-order chi connectivity index (χ0) is 13.1. The lowest BCUT2D eigenvalue weighted by atomic mass is 9.96. The van der Waals surface area contributed by atoms with E-state index >= 15 is 0 Å². The number of nitrogens with two attached hydrogens (primary N) is 1. The third kappa shape index (κ3) is 2.81. The molecule has 2 N–H and O–H groups in total. The van der Waals surface area contributed by atoms with Crippen LogP contribution in [0.5, 0.6) is 0 Å². The van der Waals surface area contributed by atoms with Gasteiger partial charge in [0.1, 0.15) is 5.69 Å². The third-order valence-corrected chi connectivity index (χ3v) is 3.92. The summed E-state index contributed by atoms with van der Waals surface area (Å²) >= 11 is 3.37. The fraction of sp³-hybridized carbons (Fsp3) is 0.500. The van der Waals surface area contributed by atoms with Gasteiger partial charge in [0.25, 0.3) is 5.69 Å². The minimum atomic E-state index is -0.323. The molecule has 1 aliphatic rings. The van der Waals surface area contributed by atoms with E-state index in [4.69, 9.17) is 5.73 Å². The number of hydrogen-bond acceptors (Lipinski definition) is 4. The average molecular weight is 314 g/mol. The molecule has 0 atom stereocenters. The third-order valence-electron chi connectivity index (χ3n) is 3.42. The van der Waals surface area contributed by atoms with Crippen molar-refractivity contribution >= 4 is 27.3 Å². The normalized spacial score (nSPS) is 16.9. The Hall–Kier alpha value is -1.14. The van der Waals surface area contributed by atoms with Gasteiger partial charge in [-0.25, -0.2) is 0 Å². The summed E-state index contributed by atoms with van der Waals surface area (Å²) in [6, 6.07) is 5.07. The van der Waals surface area contributed by atoms with E-state index in [-0.39, 0.29) is 10.6 Å². The molecule has 0 radical (unpaired) electrons. The van der Waals surface area contributed by atoms with Gasteiger partial charge < -0.3 is 10.6 Å². The smallest absolute Gasteiger partial charge is 0.292 e. The average Bonchev–Trinajstić information content (AvgIpc) is 2.38. The quantitative estimate of drug-likeness (QED) is 0.687. The maximum absolute atomic E-state index is 11.0. The topological polar surface area (TPSA) is 72.4 Å². The first-order valence-corrected chi connectivity index (χ1v) is 6.80. The van der Waals surface area contributed by atoms with Crippen LogP contribution in [0.3, 0.4) is 0 Å². The van der Waals surface area contributed by atoms with Gasteiger partial charge in [-0.1, -0.05) is 15.9 Å². The molecule has 1 heterocycles. The van der Waals surface area contributed by atoms with E-state index < -0.39 is 0 Å². The van der Waals surface area contributed by atoms with Gasteiger partial charge in [0, 0.05) is 23.6 Å². The maximum Gasteiger partial charge on any atom is 0.292 e. The van der Waals surface area contributed by atoms with E-state index in [9.17, 15) is 10.1 Å². The molecule has 6 heteroatoms. The molecule has 1 aromatic rings. The summed E-state index contributed by atoms with van der Waals surface area (Å²) in [7, 11) is 0. The number of hydrogen-bond donors (Lipinski definition) is 1. The molecule has 1 saturated heterocycles. The van der Waals surface area contributed by atoms with Crippen LogP contribution in [-0.4, -0.2) is 24.6 Å². The molecule has 98 valence electrons. The number of halogens is 1. The zero-order valence-electron chi connectivity index (χ0n) is 10.0. The molecule has 0 amide bonds. The number of rotatable bonds is 3. The molecular formula is C12H16BrN3O2. The monoisotopic (exact) mass is 313 g/mol. The Bertz CT molecular complexity index is 445. The van der Waals surface area contributed by atoms with Crippen LogP contribution in [0.4, 0.5) is 11.4 Å². The number of benzene rings is 1. The lowest BCUT2D eigenvalue weighted by Crippen LogP contribution is -2.36. The number of nitrogens with zero attached hydrogens (tertiary/aromatic N) is 2. The predicted molar refractivity (Wildman–Crippen MR) is 74.8 cm³/mol. The van der Waals surface area contributed by atoms with Crippen LogP contribution in [-0.2, 0) is 0 Å². The fourth-order valence-electron chi connectivity index (χ4n) is 2.31. The first-order chi connectivity index (χ1) is 8.61. The van der Waals surface area contributed by atoms with Crippen LogP contribution in [0, 0.1) is 16.0 Å². The molecule has 0 spiro atoms. The second kappa shape index (κ2) is 5.67. The summed E-state index contributed by atoms with van der Waals surface area (Å²) in [5.74, 6) is 0.549. The van der Waals surface area contributed by atoms with Crippen molar-refractivity contribution in [1.82, 2.24) is 0 Å². The molecule has 5 nitrogen and oxygen atoms in total. The lowest BCUT2D eigenvalue weighted by molar-refractivity contribution is -0.384. The van der Waals surface area contributed by atoms with E-state index in [0.717, 1.165) is 30.4 Å². The summed E-state index contributed by atoms with van der Waals surface area (Å²) in [5, 5.41) is 11.0. The van der Waals surface area contributed by atoms with Gasteiger partial charge in [0.2, 0.25) is 0 Å². The van der Waals surface area contributed by atoms with Crippen LogP contribution in [0.1, 0.15) is 12.8 Å². The Morgan fingerprint density at radius 1 is 1.44 bits per heavy atom. The number of nitro groups is 1. The number of piperidine rings is 1. The second-order valence-electron chi connectivity index (χ2n) is 4.56. The van der Waals surface area contributed by atoms with Crippen molar-refractivity contribution in [2.75, 3.05) is 24.5 Å². The highest BCUT2D eigenvalue weighted by atomic mass is 79.9. The van der Waals surface area contributed by atoms with Crippen LogP contribution >= 0.6 is 15.9 Å². The fourth-order valence-corrected chi connectivity index (χ4v) is 2.66. The first-order valence-electron chi connectivity index (χ1n) is 6.00. The van der Waals surface area contributed by atoms with Crippen molar-refractivity contribution in [2.45, 2.75) is 12.8 Å². The van der Waals surface area contributed by atoms with Crippen molar-refractivity contribution in [3.63, 3.8) is 0 Å². The molecule has 0 unspecified atom stereocenters. The first kappa shape index (κ1) is 13.3. The van der Waals surface area contributed by atoms with Gasteiger partial charge in [-0.3, -0.25) is 10.1 Å². The predicted octanol–water partition coefficient (Wildman–Crippen LogP) is 2.53. The minimum Gasteiger partial charge on any atom is -0.366 e. The van der Waals surface area contributed by atoms with E-state index in [1.165, 1.54) is 0 Å². The highest BCUT2D eigenvalue weighted by Gasteiger charge is 2.24. The van der Waals surface area contributed by atoms with Crippen LogP contribution in [0.15, 0.2) is 22.7 Å². The van der Waals surface area contributed by atoms with Gasteiger partial charge in [-0.2, -0.15) is 0 Å². The zero-order valence-corrected chi connectivity index (χ0v) is 11.6. The highest BCUT2D eigenvalue weighted by molar-refractivity contribution is 9.10. The van der Waals surface area contributed by atoms with E-state index in [1.54, 1.807) is 12.1 Å². The Labute approximate surface area is 114 Å². The number of anilines is 1. The van der Waals surface area contributed by atoms with Gasteiger partial charge in [0.15, 0.2) is 0 Å². The highest BCUT2D eigenvalue weighted by Crippen LogP contribution is 2.33. The molecule has 0 bridgehead atoms. The van der Waals surface area contributed by atoms with Crippen molar-refractivity contribution in [3.05, 3.63) is 32.8 Å². The van der Waals surface area contributed by atoms with Crippen molar-refractivity contribution in [1.29, 1.82) is 0 Å². The molecule has 2 rings (SSSR count). The Morgan fingerprint density at radius 2 is 2.11 bits per heavy atom. The van der Waals surface area contributed by atoms with Crippen molar-refractivity contribution < 1.29 is 4.92 Å². The Morgan fingerprint density at radius 3 is 2.67 bits per heavy atom. The van der Waals surface area contributed by atoms with Gasteiger partial charge >= 0.3 is 0 Å². The van der Waals surface area contributed by atoms with Gasteiger partial charge in [-0.05, 0) is 37.4 Å². The van der Waals surface area contributed by atoms with E-state index in [0.29, 0.717) is 18.2 Å². The van der Waals surface area contributed by atoms with Crippen molar-refractivity contribution in [3.8, 4) is 0 Å². The van der Waals surface area contributed by atoms with Gasteiger partial charge in [-0.15, -0.1) is 0 Å². The SMILES string of the molecule is NCC1CCN(c2cc(Br)ccc2[N+](=O)[O-])CC1. The second-order valence-corrected chi connectivity index (χ2v) is 5.47. The van der Waals surface area contributed by atoms with Crippen LogP contribution in [0.25, 0.3) is 0 Å². The van der Waals surface area contributed by atoms with E-state index in [2.05, 4.69) is 20.8 Å². The van der Waals surface area contributed by atoms with Crippen LogP contribution < -0.4 is 10.6 Å². The van der Waals surface area contributed by atoms with Crippen molar-refractivity contribution in [2.24, 2.45) is 11.7 Å². The summed E-state index contributed by atoms with van der Waals surface area (Å²) in [4.78, 5) is 12.8. The minimum absolute atomic E-state index is 0.171. The van der Waals surface area contributed by atoms with Gasteiger partial charge in [0.05, 0.1) is 4.92 Å². The molecule has 18 heavy (non-hydrogen) atoms. The summed E-state index contributed by atoms with van der Waals surface area (Å²) in [6.07, 6.45) is 2.00. The standard InChI is InChI=1S/C12H16BrN3O2/c13-10-1-2-11(16(17)18)12(7-10)15-5-3-9(8-14)4-6-15/h1-2,7,9H,3-6,8,14H2. The molecule has 1 aromatic carbocycles.